The lowest BCUT2D eigenvalue weighted by Gasteiger charge is -1.99. The van der Waals surface area contributed by atoms with E-state index >= 15 is 0 Å². The number of fused-ring (bicyclic) bond motifs is 1. The molecule has 1 aromatic heterocycles. The third-order valence-electron chi connectivity index (χ3n) is 3.88. The third kappa shape index (κ3) is 8.44. The summed E-state index contributed by atoms with van der Waals surface area (Å²) in [5.74, 6) is -2.84. The molecule has 0 aliphatic heterocycles. The van der Waals surface area contributed by atoms with Crippen LogP contribution in [0.2, 0.25) is 0 Å². The van der Waals surface area contributed by atoms with Crippen molar-refractivity contribution in [1.29, 1.82) is 0 Å². The van der Waals surface area contributed by atoms with E-state index in [1.165, 1.54) is 24.5 Å². The van der Waals surface area contributed by atoms with Gasteiger partial charge in [-0.3, -0.25) is 14.4 Å². The fourth-order valence-electron chi connectivity index (χ4n) is 2.22. The molecule has 3 rings (SSSR count). The Bertz CT molecular complexity index is 1250. The van der Waals surface area contributed by atoms with E-state index in [-0.39, 0.29) is 46.5 Å². The minimum absolute atomic E-state index is 0.0503. The molecular formula is C22H18Br2F2N2O7. The predicted molar refractivity (Wildman–Crippen MR) is 127 cm³/mol. The molecule has 0 aliphatic carbocycles. The van der Waals surface area contributed by atoms with E-state index in [4.69, 9.17) is 14.3 Å². The number of carbonyl (C=O) groups is 4. The van der Waals surface area contributed by atoms with Crippen LogP contribution in [0.3, 0.4) is 0 Å². The number of nitrogens with zero attached hydrogens (tertiary/aromatic N) is 2. The summed E-state index contributed by atoms with van der Waals surface area (Å²) in [6.45, 7) is 3.62. The van der Waals surface area contributed by atoms with Crippen LogP contribution < -0.4 is 0 Å². The number of aromatic hydroxyl groups is 1. The molecule has 3 aromatic rings. The Morgan fingerprint density at radius 3 is 2.29 bits per heavy atom. The molecule has 1 N–H and O–H groups in total. The molecule has 0 fully saturated rings. The summed E-state index contributed by atoms with van der Waals surface area (Å²) >= 11 is 5.90. The van der Waals surface area contributed by atoms with Crippen LogP contribution in [-0.4, -0.2) is 36.3 Å². The van der Waals surface area contributed by atoms with Gasteiger partial charge in [-0.15, -0.1) is 10.2 Å². The van der Waals surface area contributed by atoms with Crippen LogP contribution in [0.15, 0.2) is 54.1 Å². The number of aldehydes is 1. The maximum absolute atomic E-state index is 13.6. The molecule has 0 spiro atoms. The lowest BCUT2D eigenvalue weighted by molar-refractivity contribution is -0.119. The number of carbonyl (C=O) groups excluding carboxylic acids is 4. The zero-order chi connectivity index (χ0) is 26.5. The fraction of sp³-hybridized carbons (Fsp3) is 0.182. The number of ether oxygens (including phenoxy) is 1. The number of azo groups is 1. The Kier molecular flexibility index (Phi) is 12.6. The molecule has 13 heteroatoms. The van der Waals surface area contributed by atoms with Gasteiger partial charge in [0.2, 0.25) is 0 Å². The van der Waals surface area contributed by atoms with Gasteiger partial charge in [0.1, 0.15) is 11.8 Å². The number of hydrogen-bond acceptors (Lipinski definition) is 7. The van der Waals surface area contributed by atoms with Crippen molar-refractivity contribution in [2.45, 2.75) is 20.3 Å². The van der Waals surface area contributed by atoms with Crippen LogP contribution in [0.4, 0.5) is 8.78 Å². The van der Waals surface area contributed by atoms with Gasteiger partial charge in [-0.05, 0) is 63.0 Å². The van der Waals surface area contributed by atoms with Gasteiger partial charge in [0.15, 0.2) is 29.3 Å². The van der Waals surface area contributed by atoms with Crippen molar-refractivity contribution in [1.82, 2.24) is 0 Å². The number of amides is 2. The van der Waals surface area contributed by atoms with Crippen molar-refractivity contribution in [2.24, 2.45) is 10.2 Å². The second kappa shape index (κ2) is 14.8. The van der Waals surface area contributed by atoms with E-state index in [0.29, 0.717) is 16.1 Å². The van der Waals surface area contributed by atoms with Gasteiger partial charge in [-0.2, -0.15) is 0 Å². The first-order valence-electron chi connectivity index (χ1n) is 9.64. The highest BCUT2D eigenvalue weighted by molar-refractivity contribution is 9.10. The average molecular weight is 620 g/mol. The van der Waals surface area contributed by atoms with E-state index in [0.717, 1.165) is 0 Å². The molecule has 186 valence electrons. The zero-order valence-electron chi connectivity index (χ0n) is 18.3. The Morgan fingerprint density at radius 2 is 1.71 bits per heavy atom. The monoisotopic (exact) mass is 618 g/mol. The minimum atomic E-state index is -0.811. The molecule has 0 bridgehead atoms. The van der Waals surface area contributed by atoms with Gasteiger partial charge in [-0.1, -0.05) is 6.92 Å². The van der Waals surface area contributed by atoms with Crippen LogP contribution in [0.5, 0.6) is 5.75 Å². The van der Waals surface area contributed by atoms with Crippen LogP contribution >= 0.6 is 31.9 Å². The standard InChI is InChI=1S/C11H8BrFO3.C7H4BrFO2.C4H6N2O2/c1-2-15-11(14)7-5-16-10-6(7)3-4-8(12)9(10)13;8-5-2-1-4(3-10)7(11)6(5)9;1-2-4(8)6-5-3-7/h3-5H,2H2,1H3;1-3,11H;3H,2H2,1H3. The Hall–Kier alpha value is -3.32. The SMILES string of the molecule is CCC(=O)N=NC=O.CCOC(=O)c1coc2c(F)c(Br)ccc12.O=Cc1ccc(Br)c(F)c1O. The number of furan rings is 1. The minimum Gasteiger partial charge on any atom is -0.504 e. The molecule has 0 saturated heterocycles. The molecule has 0 atom stereocenters. The second-order valence-electron chi connectivity index (χ2n) is 6.09. The molecule has 2 amide bonds. The fourth-order valence-corrected chi connectivity index (χ4v) is 2.85. The summed E-state index contributed by atoms with van der Waals surface area (Å²) in [6, 6.07) is 5.82. The maximum atomic E-state index is 13.6. The number of rotatable bonds is 5. The Balaban J connectivity index is 0.000000282. The quantitative estimate of drug-likeness (QED) is 0.205. The van der Waals surface area contributed by atoms with Crippen molar-refractivity contribution in [2.75, 3.05) is 6.61 Å². The van der Waals surface area contributed by atoms with Gasteiger partial charge in [0.25, 0.3) is 12.3 Å². The van der Waals surface area contributed by atoms with Gasteiger partial charge in [0, 0.05) is 11.8 Å². The number of phenolic OH excluding ortho intramolecular Hbond substituents is 1. The zero-order valence-corrected chi connectivity index (χ0v) is 21.4. The summed E-state index contributed by atoms with van der Waals surface area (Å²) in [4.78, 5) is 41.2. The topological polar surface area (TPSA) is 136 Å². The van der Waals surface area contributed by atoms with Crippen molar-refractivity contribution in [3.05, 3.63) is 62.2 Å². The molecular weight excluding hydrogens is 602 g/mol. The highest BCUT2D eigenvalue weighted by Gasteiger charge is 2.18. The van der Waals surface area contributed by atoms with E-state index < -0.39 is 23.4 Å². The predicted octanol–water partition coefficient (Wildman–Crippen LogP) is 6.15. The average Bonchev–Trinajstić information content (AvgIpc) is 3.29. The van der Waals surface area contributed by atoms with E-state index in [2.05, 4.69) is 42.1 Å². The highest BCUT2D eigenvalue weighted by atomic mass is 79.9. The van der Waals surface area contributed by atoms with Crippen molar-refractivity contribution >= 4 is 67.4 Å². The summed E-state index contributed by atoms with van der Waals surface area (Å²) in [5, 5.41) is 15.2. The van der Waals surface area contributed by atoms with Crippen molar-refractivity contribution in [3.8, 4) is 5.75 Å². The second-order valence-corrected chi connectivity index (χ2v) is 7.80. The van der Waals surface area contributed by atoms with Crippen LogP contribution in [0.1, 0.15) is 41.0 Å². The molecule has 2 aromatic carbocycles. The van der Waals surface area contributed by atoms with Crippen molar-refractivity contribution < 1.29 is 42.2 Å². The van der Waals surface area contributed by atoms with Gasteiger partial charge in [-0.25, -0.2) is 13.6 Å². The summed E-state index contributed by atoms with van der Waals surface area (Å²) in [5.41, 5.74) is 0.242. The van der Waals surface area contributed by atoms with Crippen LogP contribution in [0, 0.1) is 11.6 Å². The molecule has 0 radical (unpaired) electrons. The first kappa shape index (κ1) is 29.7. The first-order chi connectivity index (χ1) is 16.6. The van der Waals surface area contributed by atoms with Crippen molar-refractivity contribution in [3.63, 3.8) is 0 Å². The van der Waals surface area contributed by atoms with E-state index in [1.807, 2.05) is 0 Å². The normalized spacial score (nSPS) is 10.1. The molecule has 0 aliphatic rings. The Labute approximate surface area is 214 Å². The van der Waals surface area contributed by atoms with Gasteiger partial charge >= 0.3 is 5.97 Å². The van der Waals surface area contributed by atoms with Crippen LogP contribution in [0.25, 0.3) is 11.0 Å². The number of phenols is 1. The lowest BCUT2D eigenvalue weighted by Crippen LogP contribution is -2.03. The number of hydrogen-bond donors (Lipinski definition) is 1. The molecule has 1 heterocycles. The van der Waals surface area contributed by atoms with E-state index in [9.17, 15) is 28.0 Å². The van der Waals surface area contributed by atoms with E-state index in [1.54, 1.807) is 19.9 Å². The number of halogens is 4. The van der Waals surface area contributed by atoms with Gasteiger partial charge in [0.05, 0.1) is 21.1 Å². The molecule has 35 heavy (non-hydrogen) atoms. The molecule has 9 nitrogen and oxygen atoms in total. The Morgan fingerprint density at radius 1 is 1.09 bits per heavy atom. The van der Waals surface area contributed by atoms with Crippen LogP contribution in [-0.2, 0) is 14.3 Å². The highest BCUT2D eigenvalue weighted by Crippen LogP contribution is 2.29. The largest absolute Gasteiger partial charge is 0.504 e. The smallest absolute Gasteiger partial charge is 0.342 e. The molecule has 0 unspecified atom stereocenters. The molecule has 0 saturated carbocycles. The van der Waals surface area contributed by atoms with Gasteiger partial charge < -0.3 is 14.3 Å². The number of esters is 1. The third-order valence-corrected chi connectivity index (χ3v) is 5.10. The summed E-state index contributed by atoms with van der Waals surface area (Å²) in [6.07, 6.45) is 2.12. The lowest BCUT2D eigenvalue weighted by atomic mass is 10.2. The summed E-state index contributed by atoms with van der Waals surface area (Å²) < 4.78 is 36.6. The first-order valence-corrected chi connectivity index (χ1v) is 11.2. The number of benzene rings is 2. The summed E-state index contributed by atoms with van der Waals surface area (Å²) in [7, 11) is 0. The maximum Gasteiger partial charge on any atom is 0.342 e.